The number of amides is 1. The molecule has 3 unspecified atom stereocenters. The van der Waals surface area contributed by atoms with E-state index in [2.05, 4.69) is 15.6 Å². The lowest BCUT2D eigenvalue weighted by molar-refractivity contribution is 0.0896. The minimum atomic E-state index is -0.974. The van der Waals surface area contributed by atoms with E-state index in [1.165, 1.54) is 12.3 Å². The third kappa shape index (κ3) is 2.61. The second kappa shape index (κ2) is 5.42. The zero-order valence-electron chi connectivity index (χ0n) is 12.2. The van der Waals surface area contributed by atoms with Crippen LogP contribution < -0.4 is 10.6 Å². The van der Waals surface area contributed by atoms with Crippen molar-refractivity contribution < 1.29 is 18.0 Å². The smallest absolute Gasteiger partial charge is 0.307 e. The van der Waals surface area contributed by atoms with Gasteiger partial charge in [0, 0.05) is 23.7 Å². The monoisotopic (exact) mass is 319 g/mol. The lowest BCUT2D eigenvalue weighted by Crippen LogP contribution is -2.43. The van der Waals surface area contributed by atoms with Crippen molar-refractivity contribution in [2.75, 3.05) is 0 Å². The maximum atomic E-state index is 13.3. The summed E-state index contributed by atoms with van der Waals surface area (Å²) in [6.45, 7) is 0. The number of nitrogens with one attached hydrogen (secondary N) is 2. The maximum absolute atomic E-state index is 13.3. The molecule has 2 aliphatic rings. The van der Waals surface area contributed by atoms with E-state index in [-0.39, 0.29) is 17.7 Å². The van der Waals surface area contributed by atoms with E-state index >= 15 is 0 Å². The van der Waals surface area contributed by atoms with Gasteiger partial charge < -0.3 is 15.1 Å². The van der Waals surface area contributed by atoms with Gasteiger partial charge in [0.1, 0.15) is 0 Å². The maximum Gasteiger partial charge on any atom is 0.307 e. The summed E-state index contributed by atoms with van der Waals surface area (Å²) in [5.74, 6) is -2.15. The molecule has 2 saturated heterocycles. The summed E-state index contributed by atoms with van der Waals surface area (Å²) in [5, 5.41) is 6.35. The molecule has 3 atom stereocenters. The number of carbonyl (C=O) groups excluding carboxylic acids is 1. The number of halogens is 2. The van der Waals surface area contributed by atoms with Crippen molar-refractivity contribution in [3.05, 3.63) is 41.9 Å². The summed E-state index contributed by atoms with van der Waals surface area (Å²) in [4.78, 5) is 16.1. The molecule has 7 heteroatoms. The van der Waals surface area contributed by atoms with E-state index in [0.29, 0.717) is 17.6 Å². The van der Waals surface area contributed by atoms with Gasteiger partial charge in [-0.15, -0.1) is 0 Å². The molecule has 2 aliphatic heterocycles. The van der Waals surface area contributed by atoms with E-state index in [0.717, 1.165) is 31.4 Å². The molecule has 2 N–H and O–H groups in total. The number of rotatable bonds is 3. The number of fused-ring (bicyclic) bond motifs is 2. The molecule has 120 valence electrons. The van der Waals surface area contributed by atoms with Crippen LogP contribution in [0.25, 0.3) is 11.3 Å². The second-order valence-electron chi connectivity index (χ2n) is 6.02. The highest BCUT2D eigenvalue weighted by Crippen LogP contribution is 2.28. The standard InChI is InChI=1S/C16H15F2N3O2/c17-10-3-1-8(5-11(10)18)14-7-19-16(23-14)15(22)21-13-6-9-2-4-12(13)20-9/h1,3,5,7,9,12-13,20H,2,4,6H2,(H,21,22). The fourth-order valence-corrected chi connectivity index (χ4v) is 3.38. The van der Waals surface area contributed by atoms with Crippen molar-refractivity contribution in [3.63, 3.8) is 0 Å². The van der Waals surface area contributed by atoms with Gasteiger partial charge in [-0.25, -0.2) is 13.8 Å². The molecule has 2 fully saturated rings. The quantitative estimate of drug-likeness (QED) is 0.910. The Balaban J connectivity index is 1.48. The normalized spacial score (nSPS) is 25.7. The molecule has 23 heavy (non-hydrogen) atoms. The van der Waals surface area contributed by atoms with Crippen LogP contribution in [-0.4, -0.2) is 29.0 Å². The predicted octanol–water partition coefficient (Wildman–Crippen LogP) is 2.24. The number of benzene rings is 1. The molecular formula is C16H15F2N3O2. The van der Waals surface area contributed by atoms with Crippen LogP contribution in [0.5, 0.6) is 0 Å². The van der Waals surface area contributed by atoms with Gasteiger partial charge in [-0.1, -0.05) is 0 Å². The Morgan fingerprint density at radius 1 is 1.30 bits per heavy atom. The summed E-state index contributed by atoms with van der Waals surface area (Å²) >= 11 is 0. The first-order valence-electron chi connectivity index (χ1n) is 7.58. The molecule has 1 aromatic carbocycles. The Bertz CT molecular complexity index is 762. The van der Waals surface area contributed by atoms with Gasteiger partial charge in [-0.05, 0) is 37.5 Å². The van der Waals surface area contributed by atoms with Gasteiger partial charge in [-0.3, -0.25) is 4.79 Å². The Morgan fingerprint density at radius 2 is 2.17 bits per heavy atom. The van der Waals surface area contributed by atoms with Crippen molar-refractivity contribution in [1.82, 2.24) is 15.6 Å². The van der Waals surface area contributed by atoms with Crippen molar-refractivity contribution in [3.8, 4) is 11.3 Å². The first kappa shape index (κ1) is 14.3. The van der Waals surface area contributed by atoms with Gasteiger partial charge in [0.15, 0.2) is 17.4 Å². The summed E-state index contributed by atoms with van der Waals surface area (Å²) in [6, 6.07) is 4.27. The molecular weight excluding hydrogens is 304 g/mol. The number of carbonyl (C=O) groups is 1. The average molecular weight is 319 g/mol. The average Bonchev–Trinajstić information content (AvgIpc) is 3.25. The van der Waals surface area contributed by atoms with E-state index in [9.17, 15) is 13.6 Å². The van der Waals surface area contributed by atoms with Crippen LogP contribution in [-0.2, 0) is 0 Å². The molecule has 2 aromatic rings. The number of nitrogens with zero attached hydrogens (tertiary/aromatic N) is 1. The predicted molar refractivity (Wildman–Crippen MR) is 77.7 cm³/mol. The largest absolute Gasteiger partial charge is 0.432 e. The Hall–Kier alpha value is -2.28. The molecule has 0 radical (unpaired) electrons. The summed E-state index contributed by atoms with van der Waals surface area (Å²) in [6.07, 6.45) is 4.45. The van der Waals surface area contributed by atoms with E-state index in [1.54, 1.807) is 0 Å². The fourth-order valence-electron chi connectivity index (χ4n) is 3.38. The molecule has 1 aromatic heterocycles. The summed E-state index contributed by atoms with van der Waals surface area (Å²) < 4.78 is 31.6. The van der Waals surface area contributed by atoms with E-state index in [4.69, 9.17) is 4.42 Å². The first-order chi connectivity index (χ1) is 11.1. The summed E-state index contributed by atoms with van der Waals surface area (Å²) in [5.41, 5.74) is 0.331. The Kier molecular flexibility index (Phi) is 3.37. The first-order valence-corrected chi connectivity index (χ1v) is 7.58. The number of oxazole rings is 1. The zero-order chi connectivity index (χ0) is 16.0. The third-order valence-electron chi connectivity index (χ3n) is 4.52. The molecule has 4 rings (SSSR count). The second-order valence-corrected chi connectivity index (χ2v) is 6.02. The summed E-state index contributed by atoms with van der Waals surface area (Å²) in [7, 11) is 0. The highest BCUT2D eigenvalue weighted by Gasteiger charge is 2.40. The molecule has 3 heterocycles. The van der Waals surface area contributed by atoms with Gasteiger partial charge in [0.2, 0.25) is 0 Å². The van der Waals surface area contributed by atoms with Crippen LogP contribution in [0.3, 0.4) is 0 Å². The van der Waals surface area contributed by atoms with Crippen molar-refractivity contribution >= 4 is 5.91 Å². The SMILES string of the molecule is O=C(NC1CC2CCC1N2)c1ncc(-c2ccc(F)c(F)c2)o1. The van der Waals surface area contributed by atoms with Crippen LogP contribution in [0.1, 0.15) is 29.9 Å². The number of hydrogen-bond donors (Lipinski definition) is 2. The Morgan fingerprint density at radius 3 is 2.87 bits per heavy atom. The lowest BCUT2D eigenvalue weighted by atomic mass is 9.95. The lowest BCUT2D eigenvalue weighted by Gasteiger charge is -2.20. The number of hydrogen-bond acceptors (Lipinski definition) is 4. The topological polar surface area (TPSA) is 67.2 Å². The molecule has 1 amide bonds. The van der Waals surface area contributed by atoms with Crippen molar-refractivity contribution in [2.24, 2.45) is 0 Å². The van der Waals surface area contributed by atoms with Gasteiger partial charge in [-0.2, -0.15) is 0 Å². The van der Waals surface area contributed by atoms with Gasteiger partial charge in [0.05, 0.1) is 6.20 Å². The van der Waals surface area contributed by atoms with Crippen molar-refractivity contribution in [2.45, 2.75) is 37.4 Å². The van der Waals surface area contributed by atoms with Crippen molar-refractivity contribution in [1.29, 1.82) is 0 Å². The highest BCUT2D eigenvalue weighted by atomic mass is 19.2. The zero-order valence-corrected chi connectivity index (χ0v) is 12.2. The van der Waals surface area contributed by atoms with Crippen LogP contribution in [0.15, 0.2) is 28.8 Å². The van der Waals surface area contributed by atoms with E-state index in [1.807, 2.05) is 0 Å². The Labute approximate surface area is 131 Å². The highest BCUT2D eigenvalue weighted by molar-refractivity contribution is 5.90. The minimum Gasteiger partial charge on any atom is -0.432 e. The van der Waals surface area contributed by atoms with Crippen LogP contribution in [0, 0.1) is 11.6 Å². The fraction of sp³-hybridized carbons (Fsp3) is 0.375. The minimum absolute atomic E-state index is 0.0764. The molecule has 0 aliphatic carbocycles. The van der Waals surface area contributed by atoms with Gasteiger partial charge in [0.25, 0.3) is 5.89 Å². The number of aromatic nitrogens is 1. The van der Waals surface area contributed by atoms with Crippen LogP contribution in [0.4, 0.5) is 8.78 Å². The molecule has 0 spiro atoms. The van der Waals surface area contributed by atoms with Crippen LogP contribution in [0.2, 0.25) is 0 Å². The van der Waals surface area contributed by atoms with Gasteiger partial charge >= 0.3 is 5.91 Å². The van der Waals surface area contributed by atoms with Crippen LogP contribution >= 0.6 is 0 Å². The van der Waals surface area contributed by atoms with E-state index < -0.39 is 17.5 Å². The molecule has 2 bridgehead atoms. The molecule has 5 nitrogen and oxygen atoms in total. The molecule has 0 saturated carbocycles. The third-order valence-corrected chi connectivity index (χ3v) is 4.52.